The van der Waals surface area contributed by atoms with Crippen LogP contribution in [0.15, 0.2) is 54.6 Å². The second-order valence-corrected chi connectivity index (χ2v) is 5.17. The lowest BCUT2D eigenvalue weighted by Gasteiger charge is -2.30. The zero-order valence-corrected chi connectivity index (χ0v) is 11.9. The van der Waals surface area contributed by atoms with Crippen molar-refractivity contribution < 1.29 is 17.9 Å². The van der Waals surface area contributed by atoms with Crippen molar-refractivity contribution in [2.75, 3.05) is 7.11 Å². The van der Waals surface area contributed by atoms with Gasteiger partial charge in [-0.25, -0.2) is 0 Å². The average molecular weight is 294 g/mol. The lowest BCUT2D eigenvalue weighted by atomic mass is 9.89. The number of rotatable bonds is 4. The Bertz CT molecular complexity index is 592. The predicted octanol–water partition coefficient (Wildman–Crippen LogP) is 5.17. The molecular formula is C17H17F3O. The minimum absolute atomic E-state index is 0.517. The smallest absolute Gasteiger partial charge is 0.373 e. The van der Waals surface area contributed by atoms with Crippen LogP contribution >= 0.6 is 0 Å². The summed E-state index contributed by atoms with van der Waals surface area (Å²) < 4.78 is 43.5. The molecule has 0 aliphatic rings. The minimum atomic E-state index is -4.28. The summed E-state index contributed by atoms with van der Waals surface area (Å²) in [7, 11) is 1.31. The van der Waals surface area contributed by atoms with Gasteiger partial charge in [-0.05, 0) is 29.7 Å². The number of ether oxygens (including phenoxy) is 1. The van der Waals surface area contributed by atoms with E-state index in [1.54, 1.807) is 18.2 Å². The summed E-state index contributed by atoms with van der Waals surface area (Å²) in [5.41, 5.74) is 0.968. The normalized spacial score (nSPS) is 14.7. The second-order valence-electron chi connectivity index (χ2n) is 5.17. The Morgan fingerprint density at radius 1 is 0.905 bits per heavy atom. The quantitative estimate of drug-likeness (QED) is 0.756. The Hall–Kier alpha value is -1.81. The SMILES string of the molecule is COC(C)(CC(F)(F)F)c1cccc(-c2ccccc2)c1. The molecule has 0 amide bonds. The maximum absolute atomic E-state index is 12.8. The van der Waals surface area contributed by atoms with Crippen molar-refractivity contribution in [2.24, 2.45) is 0 Å². The molecule has 4 heteroatoms. The number of hydrogen-bond donors (Lipinski definition) is 0. The Labute approximate surface area is 122 Å². The molecule has 2 rings (SSSR count). The highest BCUT2D eigenvalue weighted by atomic mass is 19.4. The monoisotopic (exact) mass is 294 g/mol. The number of methoxy groups -OCH3 is 1. The molecule has 0 radical (unpaired) electrons. The molecular weight excluding hydrogens is 277 g/mol. The van der Waals surface area contributed by atoms with E-state index in [-0.39, 0.29) is 0 Å². The molecule has 0 aliphatic carbocycles. The summed E-state index contributed by atoms with van der Waals surface area (Å²) in [5, 5.41) is 0. The molecule has 1 nitrogen and oxygen atoms in total. The van der Waals surface area contributed by atoms with E-state index in [4.69, 9.17) is 4.74 Å². The van der Waals surface area contributed by atoms with Gasteiger partial charge in [0.1, 0.15) is 0 Å². The molecule has 0 bridgehead atoms. The molecule has 1 unspecified atom stereocenters. The molecule has 0 saturated heterocycles. The molecule has 0 fully saturated rings. The van der Waals surface area contributed by atoms with Crippen molar-refractivity contribution in [1.82, 2.24) is 0 Å². The molecule has 21 heavy (non-hydrogen) atoms. The van der Waals surface area contributed by atoms with Crippen LogP contribution in [0.2, 0.25) is 0 Å². The van der Waals surface area contributed by atoms with Gasteiger partial charge in [0.25, 0.3) is 0 Å². The van der Waals surface area contributed by atoms with Crippen molar-refractivity contribution in [3.8, 4) is 11.1 Å². The van der Waals surface area contributed by atoms with Crippen LogP contribution in [0.3, 0.4) is 0 Å². The molecule has 1 atom stereocenters. The van der Waals surface area contributed by atoms with Gasteiger partial charge in [0, 0.05) is 7.11 Å². The first-order valence-corrected chi connectivity index (χ1v) is 6.62. The number of alkyl halides is 3. The van der Waals surface area contributed by atoms with Crippen LogP contribution in [-0.2, 0) is 10.3 Å². The van der Waals surface area contributed by atoms with Crippen LogP contribution in [0.1, 0.15) is 18.9 Å². The molecule has 112 valence electrons. The van der Waals surface area contributed by atoms with Crippen LogP contribution in [-0.4, -0.2) is 13.3 Å². The van der Waals surface area contributed by atoms with E-state index in [1.165, 1.54) is 14.0 Å². The zero-order chi connectivity index (χ0) is 15.5. The third-order valence-corrected chi connectivity index (χ3v) is 3.57. The maximum atomic E-state index is 12.8. The van der Waals surface area contributed by atoms with Crippen LogP contribution in [0.5, 0.6) is 0 Å². The highest BCUT2D eigenvalue weighted by Crippen LogP contribution is 2.38. The van der Waals surface area contributed by atoms with Crippen LogP contribution in [0.25, 0.3) is 11.1 Å². The summed E-state index contributed by atoms with van der Waals surface area (Å²) in [6, 6.07) is 16.6. The summed E-state index contributed by atoms with van der Waals surface area (Å²) in [5.74, 6) is 0. The fourth-order valence-electron chi connectivity index (χ4n) is 2.33. The Morgan fingerprint density at radius 2 is 1.52 bits per heavy atom. The molecule has 0 saturated carbocycles. The third-order valence-electron chi connectivity index (χ3n) is 3.57. The topological polar surface area (TPSA) is 9.23 Å². The lowest BCUT2D eigenvalue weighted by Crippen LogP contribution is -2.31. The molecule has 2 aromatic rings. The molecule has 0 aliphatic heterocycles. The maximum Gasteiger partial charge on any atom is 0.392 e. The summed E-state index contributed by atoms with van der Waals surface area (Å²) >= 11 is 0. The van der Waals surface area contributed by atoms with Crippen molar-refractivity contribution in [3.05, 3.63) is 60.2 Å². The summed E-state index contributed by atoms with van der Waals surface area (Å²) in [6.45, 7) is 1.46. The van der Waals surface area contributed by atoms with Crippen LogP contribution in [0.4, 0.5) is 13.2 Å². The average Bonchev–Trinajstić information content (AvgIpc) is 2.46. The van der Waals surface area contributed by atoms with E-state index in [0.717, 1.165) is 11.1 Å². The van der Waals surface area contributed by atoms with Crippen LogP contribution < -0.4 is 0 Å². The van der Waals surface area contributed by atoms with Gasteiger partial charge in [-0.3, -0.25) is 0 Å². The largest absolute Gasteiger partial charge is 0.392 e. The van der Waals surface area contributed by atoms with E-state index < -0.39 is 18.2 Å². The first-order valence-electron chi connectivity index (χ1n) is 6.62. The van der Waals surface area contributed by atoms with Crippen molar-refractivity contribution in [2.45, 2.75) is 25.1 Å². The molecule has 0 N–H and O–H groups in total. The van der Waals surface area contributed by atoms with Gasteiger partial charge in [-0.2, -0.15) is 13.2 Å². The highest BCUT2D eigenvalue weighted by molar-refractivity contribution is 5.64. The predicted molar refractivity (Wildman–Crippen MR) is 76.9 cm³/mol. The lowest BCUT2D eigenvalue weighted by molar-refractivity contribution is -0.181. The molecule has 0 aromatic heterocycles. The standard InChI is InChI=1S/C17H17F3O/c1-16(21-2,12-17(18,19)20)15-10-6-9-14(11-15)13-7-4-3-5-8-13/h3-11H,12H2,1-2H3. The second kappa shape index (κ2) is 5.90. The minimum Gasteiger partial charge on any atom is -0.373 e. The highest BCUT2D eigenvalue weighted by Gasteiger charge is 2.40. The number of benzene rings is 2. The Kier molecular flexibility index (Phi) is 4.37. The molecule has 2 aromatic carbocycles. The van der Waals surface area contributed by atoms with Crippen molar-refractivity contribution >= 4 is 0 Å². The van der Waals surface area contributed by atoms with Gasteiger partial charge in [0.15, 0.2) is 0 Å². The Morgan fingerprint density at radius 3 is 2.10 bits per heavy atom. The van der Waals surface area contributed by atoms with Gasteiger partial charge >= 0.3 is 6.18 Å². The summed E-state index contributed by atoms with van der Waals surface area (Å²) in [6.07, 6.45) is -5.30. The van der Waals surface area contributed by atoms with Gasteiger partial charge in [0.2, 0.25) is 0 Å². The zero-order valence-electron chi connectivity index (χ0n) is 11.9. The van der Waals surface area contributed by atoms with Crippen molar-refractivity contribution in [1.29, 1.82) is 0 Å². The summed E-state index contributed by atoms with van der Waals surface area (Å²) in [4.78, 5) is 0. The fourth-order valence-corrected chi connectivity index (χ4v) is 2.33. The van der Waals surface area contributed by atoms with E-state index in [9.17, 15) is 13.2 Å². The number of hydrogen-bond acceptors (Lipinski definition) is 1. The van der Waals surface area contributed by atoms with Gasteiger partial charge in [-0.15, -0.1) is 0 Å². The van der Waals surface area contributed by atoms with E-state index >= 15 is 0 Å². The van der Waals surface area contributed by atoms with E-state index in [2.05, 4.69) is 0 Å². The number of halogens is 3. The molecule has 0 spiro atoms. The van der Waals surface area contributed by atoms with E-state index in [1.807, 2.05) is 36.4 Å². The van der Waals surface area contributed by atoms with Gasteiger partial charge < -0.3 is 4.74 Å². The van der Waals surface area contributed by atoms with Crippen molar-refractivity contribution in [3.63, 3.8) is 0 Å². The van der Waals surface area contributed by atoms with E-state index in [0.29, 0.717) is 5.56 Å². The third kappa shape index (κ3) is 3.85. The van der Waals surface area contributed by atoms with Crippen LogP contribution in [0, 0.1) is 0 Å². The molecule has 0 heterocycles. The van der Waals surface area contributed by atoms with Gasteiger partial charge in [-0.1, -0.05) is 48.5 Å². The fraction of sp³-hybridized carbons (Fsp3) is 0.294. The first kappa shape index (κ1) is 15.6. The Balaban J connectivity index is 2.40. The van der Waals surface area contributed by atoms with Gasteiger partial charge in [0.05, 0.1) is 12.0 Å². The first-order chi connectivity index (χ1) is 9.84.